The molecule has 1 aromatic carbocycles. The van der Waals surface area contributed by atoms with Gasteiger partial charge in [0, 0.05) is 29.7 Å². The Kier molecular flexibility index (Phi) is 5.21. The van der Waals surface area contributed by atoms with Gasteiger partial charge in [-0.3, -0.25) is 4.68 Å². The molecule has 0 saturated carbocycles. The molecule has 1 atom stereocenters. The van der Waals surface area contributed by atoms with E-state index in [0.717, 1.165) is 30.1 Å². The zero-order chi connectivity index (χ0) is 14.5. The molecule has 0 saturated heterocycles. The van der Waals surface area contributed by atoms with E-state index in [1.54, 1.807) is 0 Å². The SMILES string of the molecule is CCn1nc(C)cc1CC(Cc1cccc(Cl)c1)NC. The normalized spacial score (nSPS) is 12.6. The van der Waals surface area contributed by atoms with Crippen molar-refractivity contribution in [2.24, 2.45) is 0 Å². The molecule has 0 aliphatic heterocycles. The van der Waals surface area contributed by atoms with E-state index in [2.05, 4.69) is 34.2 Å². The summed E-state index contributed by atoms with van der Waals surface area (Å²) in [4.78, 5) is 0. The van der Waals surface area contributed by atoms with E-state index in [9.17, 15) is 0 Å². The lowest BCUT2D eigenvalue weighted by Crippen LogP contribution is -2.30. The summed E-state index contributed by atoms with van der Waals surface area (Å²) >= 11 is 6.05. The number of hydrogen-bond acceptors (Lipinski definition) is 2. The molecule has 0 radical (unpaired) electrons. The zero-order valence-electron chi connectivity index (χ0n) is 12.4. The minimum Gasteiger partial charge on any atom is -0.316 e. The Balaban J connectivity index is 2.08. The molecule has 0 aliphatic carbocycles. The fourth-order valence-corrected chi connectivity index (χ4v) is 2.73. The first-order chi connectivity index (χ1) is 9.62. The first-order valence-electron chi connectivity index (χ1n) is 7.07. The van der Waals surface area contributed by atoms with E-state index in [0.29, 0.717) is 6.04 Å². The summed E-state index contributed by atoms with van der Waals surface area (Å²) < 4.78 is 2.08. The Morgan fingerprint density at radius 1 is 1.30 bits per heavy atom. The van der Waals surface area contributed by atoms with Crippen LogP contribution in [0.15, 0.2) is 30.3 Å². The number of benzene rings is 1. The largest absolute Gasteiger partial charge is 0.316 e. The fourth-order valence-electron chi connectivity index (χ4n) is 2.51. The van der Waals surface area contributed by atoms with Crippen LogP contribution in [0.25, 0.3) is 0 Å². The molecule has 1 aromatic heterocycles. The van der Waals surface area contributed by atoms with Crippen LogP contribution in [0.1, 0.15) is 23.9 Å². The van der Waals surface area contributed by atoms with Gasteiger partial charge in [0.1, 0.15) is 0 Å². The van der Waals surface area contributed by atoms with Gasteiger partial charge < -0.3 is 5.32 Å². The molecule has 0 fully saturated rings. The van der Waals surface area contributed by atoms with Crippen molar-refractivity contribution in [2.45, 2.75) is 39.3 Å². The third kappa shape index (κ3) is 3.84. The van der Waals surface area contributed by atoms with Gasteiger partial charge in [-0.05, 0) is 51.1 Å². The summed E-state index contributed by atoms with van der Waals surface area (Å²) in [5.74, 6) is 0. The van der Waals surface area contributed by atoms with Crippen LogP contribution in [0.3, 0.4) is 0 Å². The molecule has 1 heterocycles. The Morgan fingerprint density at radius 2 is 2.10 bits per heavy atom. The Bertz CT molecular complexity index is 563. The van der Waals surface area contributed by atoms with Crippen LogP contribution in [0.2, 0.25) is 5.02 Å². The van der Waals surface area contributed by atoms with Gasteiger partial charge in [0.25, 0.3) is 0 Å². The lowest BCUT2D eigenvalue weighted by molar-refractivity contribution is 0.520. The van der Waals surface area contributed by atoms with Crippen LogP contribution in [0, 0.1) is 6.92 Å². The van der Waals surface area contributed by atoms with Gasteiger partial charge in [-0.25, -0.2) is 0 Å². The highest BCUT2D eigenvalue weighted by Crippen LogP contribution is 2.14. The molecule has 0 amide bonds. The first kappa shape index (κ1) is 15.1. The highest BCUT2D eigenvalue weighted by atomic mass is 35.5. The average molecular weight is 292 g/mol. The van der Waals surface area contributed by atoms with Gasteiger partial charge in [0.2, 0.25) is 0 Å². The summed E-state index contributed by atoms with van der Waals surface area (Å²) in [5.41, 5.74) is 3.63. The lowest BCUT2D eigenvalue weighted by Gasteiger charge is -2.17. The highest BCUT2D eigenvalue weighted by Gasteiger charge is 2.12. The molecule has 0 aliphatic rings. The van der Waals surface area contributed by atoms with Gasteiger partial charge in [-0.2, -0.15) is 5.10 Å². The van der Waals surface area contributed by atoms with Crippen molar-refractivity contribution in [3.63, 3.8) is 0 Å². The molecule has 1 N–H and O–H groups in total. The van der Waals surface area contributed by atoms with Crippen molar-refractivity contribution < 1.29 is 0 Å². The highest BCUT2D eigenvalue weighted by molar-refractivity contribution is 6.30. The van der Waals surface area contributed by atoms with Crippen molar-refractivity contribution in [2.75, 3.05) is 7.05 Å². The quantitative estimate of drug-likeness (QED) is 0.885. The molecule has 0 bridgehead atoms. The number of aromatic nitrogens is 2. The predicted molar refractivity (Wildman–Crippen MR) is 84.3 cm³/mol. The summed E-state index contributed by atoms with van der Waals surface area (Å²) in [6, 6.07) is 10.6. The van der Waals surface area contributed by atoms with Gasteiger partial charge in [0.15, 0.2) is 0 Å². The van der Waals surface area contributed by atoms with Gasteiger partial charge in [0.05, 0.1) is 5.69 Å². The van der Waals surface area contributed by atoms with E-state index in [1.807, 2.05) is 32.2 Å². The van der Waals surface area contributed by atoms with E-state index in [-0.39, 0.29) is 0 Å². The monoisotopic (exact) mass is 291 g/mol. The maximum atomic E-state index is 6.05. The summed E-state index contributed by atoms with van der Waals surface area (Å²) in [6.45, 7) is 5.08. The number of likely N-dealkylation sites (N-methyl/N-ethyl adjacent to an activating group) is 1. The maximum Gasteiger partial charge on any atom is 0.0596 e. The third-order valence-corrected chi connectivity index (χ3v) is 3.76. The number of aryl methyl sites for hydroxylation is 2. The van der Waals surface area contributed by atoms with Gasteiger partial charge >= 0.3 is 0 Å². The van der Waals surface area contributed by atoms with Crippen molar-refractivity contribution in [3.8, 4) is 0 Å². The minimum absolute atomic E-state index is 0.384. The van der Waals surface area contributed by atoms with Crippen LogP contribution in [-0.2, 0) is 19.4 Å². The lowest BCUT2D eigenvalue weighted by atomic mass is 10.0. The second kappa shape index (κ2) is 6.91. The molecule has 0 spiro atoms. The topological polar surface area (TPSA) is 29.9 Å². The predicted octanol–water partition coefficient (Wildman–Crippen LogP) is 3.24. The van der Waals surface area contributed by atoms with E-state index >= 15 is 0 Å². The van der Waals surface area contributed by atoms with Crippen molar-refractivity contribution in [1.29, 1.82) is 0 Å². The maximum absolute atomic E-state index is 6.05. The summed E-state index contributed by atoms with van der Waals surface area (Å²) in [7, 11) is 2.01. The second-order valence-corrected chi connectivity index (χ2v) is 5.55. The number of hydrogen-bond donors (Lipinski definition) is 1. The van der Waals surface area contributed by atoms with E-state index < -0.39 is 0 Å². The third-order valence-electron chi connectivity index (χ3n) is 3.52. The first-order valence-corrected chi connectivity index (χ1v) is 7.45. The van der Waals surface area contributed by atoms with Crippen LogP contribution < -0.4 is 5.32 Å². The summed E-state index contributed by atoms with van der Waals surface area (Å²) in [6.07, 6.45) is 1.93. The smallest absolute Gasteiger partial charge is 0.0596 e. The Morgan fingerprint density at radius 3 is 2.75 bits per heavy atom. The average Bonchev–Trinajstić information content (AvgIpc) is 2.78. The standard InChI is InChI=1S/C16H22ClN3/c1-4-20-16(8-12(2)19-20)11-15(18-3)10-13-6-5-7-14(17)9-13/h5-9,15,18H,4,10-11H2,1-3H3. The van der Waals surface area contributed by atoms with Crippen LogP contribution in [0.4, 0.5) is 0 Å². The molecule has 20 heavy (non-hydrogen) atoms. The van der Waals surface area contributed by atoms with Gasteiger partial charge in [-0.15, -0.1) is 0 Å². The molecular formula is C16H22ClN3. The number of rotatable bonds is 6. The van der Waals surface area contributed by atoms with Crippen LogP contribution in [-0.4, -0.2) is 22.9 Å². The zero-order valence-corrected chi connectivity index (χ0v) is 13.1. The van der Waals surface area contributed by atoms with Crippen LogP contribution in [0.5, 0.6) is 0 Å². The van der Waals surface area contributed by atoms with Gasteiger partial charge in [-0.1, -0.05) is 23.7 Å². The molecule has 108 valence electrons. The minimum atomic E-state index is 0.384. The molecule has 3 nitrogen and oxygen atoms in total. The van der Waals surface area contributed by atoms with Crippen LogP contribution >= 0.6 is 11.6 Å². The molecule has 1 unspecified atom stereocenters. The van der Waals surface area contributed by atoms with Crippen molar-refractivity contribution in [3.05, 3.63) is 52.3 Å². The molecule has 4 heteroatoms. The Labute approximate surface area is 126 Å². The molecular weight excluding hydrogens is 270 g/mol. The van der Waals surface area contributed by atoms with Crippen molar-refractivity contribution >= 4 is 11.6 Å². The number of nitrogens with zero attached hydrogens (tertiary/aromatic N) is 2. The van der Waals surface area contributed by atoms with E-state index in [4.69, 9.17) is 11.6 Å². The number of halogens is 1. The fraction of sp³-hybridized carbons (Fsp3) is 0.438. The Hall–Kier alpha value is -1.32. The molecule has 2 aromatic rings. The van der Waals surface area contributed by atoms with E-state index in [1.165, 1.54) is 11.3 Å². The number of nitrogens with one attached hydrogen (secondary N) is 1. The van der Waals surface area contributed by atoms with Crippen molar-refractivity contribution in [1.82, 2.24) is 15.1 Å². The molecule has 2 rings (SSSR count). The summed E-state index contributed by atoms with van der Waals surface area (Å²) in [5, 5.41) is 8.70. The second-order valence-electron chi connectivity index (χ2n) is 5.12.